The molecule has 0 spiro atoms. The number of methoxy groups -OCH3 is 2. The number of rotatable bonds is 10. The molecule has 0 bridgehead atoms. The molecule has 0 aliphatic carbocycles. The van der Waals surface area contributed by atoms with Crippen LogP contribution in [0.5, 0.6) is 23.0 Å². The SMILES string of the molecule is COc1ccc(CCNCC(O)COc2ccc(O)cc2)cc1OC.Cl. The fourth-order valence-corrected chi connectivity index (χ4v) is 2.33. The van der Waals surface area contributed by atoms with Gasteiger partial charge in [-0.05, 0) is 54.9 Å². The quantitative estimate of drug-likeness (QED) is 0.547. The number of phenols is 1. The van der Waals surface area contributed by atoms with Crippen LogP contribution in [-0.4, -0.2) is 50.2 Å². The summed E-state index contributed by atoms with van der Waals surface area (Å²) in [5.74, 6) is 2.22. The average molecular weight is 384 g/mol. The van der Waals surface area contributed by atoms with Crippen LogP contribution in [0.4, 0.5) is 0 Å². The predicted molar refractivity (Wildman–Crippen MR) is 103 cm³/mol. The van der Waals surface area contributed by atoms with Gasteiger partial charge in [-0.3, -0.25) is 0 Å². The molecule has 1 atom stereocenters. The van der Waals surface area contributed by atoms with E-state index in [1.54, 1.807) is 38.5 Å². The summed E-state index contributed by atoms with van der Waals surface area (Å²) in [5.41, 5.74) is 1.12. The van der Waals surface area contributed by atoms with Crippen LogP contribution in [0.1, 0.15) is 5.56 Å². The summed E-state index contributed by atoms with van der Waals surface area (Å²) in [7, 11) is 3.23. The molecule has 0 saturated carbocycles. The third-order valence-corrected chi connectivity index (χ3v) is 3.70. The lowest BCUT2D eigenvalue weighted by Crippen LogP contribution is -2.32. The van der Waals surface area contributed by atoms with Crippen LogP contribution in [-0.2, 0) is 6.42 Å². The Morgan fingerprint density at radius 1 is 1.00 bits per heavy atom. The van der Waals surface area contributed by atoms with Gasteiger partial charge in [0.2, 0.25) is 0 Å². The number of phenolic OH excluding ortho intramolecular Hbond substituents is 1. The number of aliphatic hydroxyl groups excluding tert-OH is 1. The first-order valence-electron chi connectivity index (χ1n) is 8.14. The van der Waals surface area contributed by atoms with Gasteiger partial charge in [0.25, 0.3) is 0 Å². The normalized spacial score (nSPS) is 11.3. The highest BCUT2D eigenvalue weighted by molar-refractivity contribution is 5.85. The Balaban J connectivity index is 0.00000338. The molecule has 26 heavy (non-hydrogen) atoms. The van der Waals surface area contributed by atoms with Crippen LogP contribution < -0.4 is 19.5 Å². The van der Waals surface area contributed by atoms with Crippen molar-refractivity contribution in [3.63, 3.8) is 0 Å². The molecule has 3 N–H and O–H groups in total. The Bertz CT molecular complexity index is 651. The highest BCUT2D eigenvalue weighted by Crippen LogP contribution is 2.27. The first kappa shape index (κ1) is 21.9. The van der Waals surface area contributed by atoms with Gasteiger partial charge in [0.1, 0.15) is 24.2 Å². The number of benzene rings is 2. The van der Waals surface area contributed by atoms with Crippen LogP contribution in [0, 0.1) is 0 Å². The van der Waals surface area contributed by atoms with Gasteiger partial charge in [-0.15, -0.1) is 12.4 Å². The van der Waals surface area contributed by atoms with Crippen molar-refractivity contribution in [2.45, 2.75) is 12.5 Å². The lowest BCUT2D eigenvalue weighted by molar-refractivity contribution is 0.106. The average Bonchev–Trinajstić information content (AvgIpc) is 2.64. The molecule has 1 unspecified atom stereocenters. The van der Waals surface area contributed by atoms with E-state index in [0.29, 0.717) is 23.8 Å². The lowest BCUT2D eigenvalue weighted by atomic mass is 10.1. The molecule has 0 heterocycles. The van der Waals surface area contributed by atoms with Crippen LogP contribution in [0.15, 0.2) is 42.5 Å². The second-order valence-electron chi connectivity index (χ2n) is 5.60. The Morgan fingerprint density at radius 2 is 1.69 bits per heavy atom. The number of ether oxygens (including phenoxy) is 3. The molecule has 0 amide bonds. The van der Waals surface area contributed by atoms with Crippen LogP contribution in [0.2, 0.25) is 0 Å². The third-order valence-electron chi connectivity index (χ3n) is 3.70. The monoisotopic (exact) mass is 383 g/mol. The van der Waals surface area contributed by atoms with E-state index in [0.717, 1.165) is 18.5 Å². The zero-order chi connectivity index (χ0) is 18.1. The maximum absolute atomic E-state index is 9.94. The summed E-state index contributed by atoms with van der Waals surface area (Å²) in [6, 6.07) is 12.2. The molecule has 0 aromatic heterocycles. The summed E-state index contributed by atoms with van der Waals surface area (Å²) >= 11 is 0. The van der Waals surface area contributed by atoms with Gasteiger partial charge < -0.3 is 29.7 Å². The lowest BCUT2D eigenvalue weighted by Gasteiger charge is -2.14. The molecule has 6 nitrogen and oxygen atoms in total. The van der Waals surface area contributed by atoms with E-state index in [9.17, 15) is 10.2 Å². The zero-order valence-corrected chi connectivity index (χ0v) is 15.8. The second-order valence-corrected chi connectivity index (χ2v) is 5.60. The molecule has 2 aromatic rings. The highest BCUT2D eigenvalue weighted by Gasteiger charge is 2.07. The predicted octanol–water partition coefficient (Wildman–Crippen LogP) is 2.40. The minimum absolute atomic E-state index is 0. The van der Waals surface area contributed by atoms with Gasteiger partial charge >= 0.3 is 0 Å². The zero-order valence-electron chi connectivity index (χ0n) is 15.0. The van der Waals surface area contributed by atoms with Crippen molar-refractivity contribution in [1.82, 2.24) is 5.32 Å². The minimum atomic E-state index is -0.612. The van der Waals surface area contributed by atoms with Crippen LogP contribution in [0.3, 0.4) is 0 Å². The van der Waals surface area contributed by atoms with Crippen molar-refractivity contribution in [1.29, 1.82) is 0 Å². The molecule has 0 fully saturated rings. The van der Waals surface area contributed by atoms with Crippen molar-refractivity contribution in [3.8, 4) is 23.0 Å². The van der Waals surface area contributed by atoms with Gasteiger partial charge in [0.15, 0.2) is 11.5 Å². The summed E-state index contributed by atoms with van der Waals surface area (Å²) < 4.78 is 16.0. The first-order chi connectivity index (χ1) is 12.1. The molecule has 0 radical (unpaired) electrons. The molecular weight excluding hydrogens is 358 g/mol. The standard InChI is InChI=1S/C19H25NO5.ClH/c1-23-18-8-3-14(11-19(18)24-2)9-10-20-12-16(22)13-25-17-6-4-15(21)5-7-17;/h3-8,11,16,20-22H,9-10,12-13H2,1-2H3;1H. The summed E-state index contributed by atoms with van der Waals surface area (Å²) in [6.45, 7) is 1.35. The van der Waals surface area contributed by atoms with Gasteiger partial charge in [0, 0.05) is 6.54 Å². The Labute approximate surface area is 160 Å². The fraction of sp³-hybridized carbons (Fsp3) is 0.368. The van der Waals surface area contributed by atoms with Crippen molar-refractivity contribution >= 4 is 12.4 Å². The highest BCUT2D eigenvalue weighted by atomic mass is 35.5. The smallest absolute Gasteiger partial charge is 0.160 e. The summed E-state index contributed by atoms with van der Waals surface area (Å²) in [5, 5.41) is 22.3. The van der Waals surface area contributed by atoms with E-state index in [2.05, 4.69) is 5.32 Å². The van der Waals surface area contributed by atoms with E-state index < -0.39 is 6.10 Å². The second kappa shape index (κ2) is 11.5. The summed E-state index contributed by atoms with van der Waals surface area (Å²) in [6.07, 6.45) is 0.200. The van der Waals surface area contributed by atoms with E-state index in [4.69, 9.17) is 14.2 Å². The van der Waals surface area contributed by atoms with Crippen LogP contribution in [0.25, 0.3) is 0 Å². The maximum Gasteiger partial charge on any atom is 0.160 e. The fourth-order valence-electron chi connectivity index (χ4n) is 2.33. The first-order valence-corrected chi connectivity index (χ1v) is 8.14. The van der Waals surface area contributed by atoms with Gasteiger partial charge in [-0.25, -0.2) is 0 Å². The minimum Gasteiger partial charge on any atom is -0.508 e. The molecule has 144 valence electrons. The van der Waals surface area contributed by atoms with Crippen molar-refractivity contribution in [3.05, 3.63) is 48.0 Å². The number of aromatic hydroxyl groups is 1. The van der Waals surface area contributed by atoms with E-state index in [-0.39, 0.29) is 24.8 Å². The Morgan fingerprint density at radius 3 is 2.35 bits per heavy atom. The molecule has 2 aromatic carbocycles. The third kappa shape index (κ3) is 7.00. The largest absolute Gasteiger partial charge is 0.508 e. The van der Waals surface area contributed by atoms with E-state index >= 15 is 0 Å². The number of hydrogen-bond acceptors (Lipinski definition) is 6. The van der Waals surface area contributed by atoms with Crippen LogP contribution >= 0.6 is 12.4 Å². The number of halogens is 1. The molecule has 7 heteroatoms. The maximum atomic E-state index is 9.94. The van der Waals surface area contributed by atoms with Crippen molar-refractivity contribution in [2.75, 3.05) is 33.9 Å². The number of hydrogen-bond donors (Lipinski definition) is 3. The van der Waals surface area contributed by atoms with Gasteiger partial charge in [0.05, 0.1) is 14.2 Å². The van der Waals surface area contributed by atoms with E-state index in [1.807, 2.05) is 18.2 Å². The number of aliphatic hydroxyl groups is 1. The van der Waals surface area contributed by atoms with Gasteiger partial charge in [-0.2, -0.15) is 0 Å². The molecule has 0 saturated heterocycles. The molecule has 0 aliphatic rings. The topological polar surface area (TPSA) is 80.2 Å². The molecular formula is C19H26ClNO5. The molecule has 2 rings (SSSR count). The van der Waals surface area contributed by atoms with Crippen molar-refractivity contribution < 1.29 is 24.4 Å². The Hall–Kier alpha value is -2.15. The summed E-state index contributed by atoms with van der Waals surface area (Å²) in [4.78, 5) is 0. The van der Waals surface area contributed by atoms with E-state index in [1.165, 1.54) is 0 Å². The van der Waals surface area contributed by atoms with Gasteiger partial charge in [-0.1, -0.05) is 6.07 Å². The molecule has 0 aliphatic heterocycles. The number of nitrogens with one attached hydrogen (secondary N) is 1. The Kier molecular flexibility index (Phi) is 9.65. The van der Waals surface area contributed by atoms with Crippen molar-refractivity contribution in [2.24, 2.45) is 0 Å².